The van der Waals surface area contributed by atoms with Crippen molar-refractivity contribution in [3.63, 3.8) is 0 Å². The number of esters is 1. The predicted molar refractivity (Wildman–Crippen MR) is 187 cm³/mol. The summed E-state index contributed by atoms with van der Waals surface area (Å²) in [5.74, 6) is 0.514. The van der Waals surface area contributed by atoms with Gasteiger partial charge >= 0.3 is 5.97 Å². The van der Waals surface area contributed by atoms with Crippen molar-refractivity contribution < 1.29 is 39.1 Å². The molecule has 3 fully saturated rings. The number of carbonyl (C=O) groups excluding carboxylic acids is 1. The smallest absolute Gasteiger partial charge is 0.302 e. The molecule has 12 heteroatoms. The van der Waals surface area contributed by atoms with Crippen molar-refractivity contribution in [3.8, 4) is 28.7 Å². The normalized spacial score (nSPS) is 25.8. The molecule has 0 amide bonds. The second-order valence-electron chi connectivity index (χ2n) is 13.6. The molecule has 50 heavy (non-hydrogen) atoms. The minimum atomic E-state index is -0.510. The number of carbonyl (C=O) groups is 1. The van der Waals surface area contributed by atoms with Crippen LogP contribution in [0, 0.1) is 0 Å². The van der Waals surface area contributed by atoms with Gasteiger partial charge < -0.3 is 44.9 Å². The molecule has 0 unspecified atom stereocenters. The van der Waals surface area contributed by atoms with Crippen molar-refractivity contribution in [1.82, 2.24) is 15.6 Å². The Kier molecular flexibility index (Phi) is 11.2. The fourth-order valence-corrected chi connectivity index (χ4v) is 7.42. The molecule has 2 aliphatic heterocycles. The lowest BCUT2D eigenvalue weighted by Gasteiger charge is -2.45. The standard InChI is InChI=1S/C38H48N4O8/c1-24(43)48-30-20-28(49-33(21-30)27-18-32(45)36(46)35(19-27)47-16-11-26-5-4-14-40-23-26)9-7-25-8-10-31(44)34(17-25)50-29-6-3-12-38(22-29)13-15-41-37(39-2)42-38/h4-5,8,10,14,17-19,23,28-30,33,44-46H,3,6-7,9,11-13,15-16,20-22H2,1-2H3,(H2,39,41,42)/t28-,29-,30-,33-,38-/m0/s1. The second kappa shape index (κ2) is 15.9. The van der Waals surface area contributed by atoms with Crippen molar-refractivity contribution >= 4 is 11.9 Å². The lowest BCUT2D eigenvalue weighted by atomic mass is 9.77. The first kappa shape index (κ1) is 35.1. The maximum atomic E-state index is 12.0. The van der Waals surface area contributed by atoms with Crippen LogP contribution in [0.25, 0.3) is 0 Å². The fraction of sp³-hybridized carbons (Fsp3) is 0.500. The van der Waals surface area contributed by atoms with Crippen LogP contribution in [-0.4, -0.2) is 76.3 Å². The number of hydrogen-bond donors (Lipinski definition) is 5. The van der Waals surface area contributed by atoms with E-state index in [1.807, 2.05) is 24.3 Å². The molecule has 2 saturated heterocycles. The van der Waals surface area contributed by atoms with Gasteiger partial charge in [-0.15, -0.1) is 0 Å². The number of nitrogens with zero attached hydrogens (tertiary/aromatic N) is 2. The Morgan fingerprint density at radius 3 is 2.72 bits per heavy atom. The highest BCUT2D eigenvalue weighted by molar-refractivity contribution is 5.81. The third-order valence-electron chi connectivity index (χ3n) is 9.89. The number of aryl methyl sites for hydroxylation is 1. The zero-order valence-electron chi connectivity index (χ0n) is 28.8. The average molecular weight is 689 g/mol. The quantitative estimate of drug-likeness (QED) is 0.132. The summed E-state index contributed by atoms with van der Waals surface area (Å²) in [5.41, 5.74) is 2.53. The number of rotatable bonds is 11. The number of aromatic hydroxyl groups is 3. The summed E-state index contributed by atoms with van der Waals surface area (Å²) in [5, 5.41) is 38.8. The Labute approximate surface area is 292 Å². The van der Waals surface area contributed by atoms with Crippen LogP contribution in [-0.2, 0) is 27.1 Å². The molecule has 5 atom stereocenters. The zero-order valence-corrected chi connectivity index (χ0v) is 28.8. The Hall–Kier alpha value is -4.71. The summed E-state index contributed by atoms with van der Waals surface area (Å²) in [6, 6.07) is 12.4. The molecule has 3 aliphatic rings. The highest BCUT2D eigenvalue weighted by atomic mass is 16.6. The van der Waals surface area contributed by atoms with Crippen LogP contribution in [0.5, 0.6) is 28.7 Å². The van der Waals surface area contributed by atoms with E-state index in [0.29, 0.717) is 43.4 Å². The first-order chi connectivity index (χ1) is 24.2. The number of aliphatic imine (C=N–C) groups is 1. The van der Waals surface area contributed by atoms with Gasteiger partial charge in [0, 0.05) is 64.1 Å². The van der Waals surface area contributed by atoms with E-state index in [1.54, 1.807) is 31.6 Å². The summed E-state index contributed by atoms with van der Waals surface area (Å²) in [6.07, 6.45) is 9.82. The molecule has 2 aromatic carbocycles. The Morgan fingerprint density at radius 2 is 1.92 bits per heavy atom. The van der Waals surface area contributed by atoms with Gasteiger partial charge in [0.2, 0.25) is 5.75 Å². The highest BCUT2D eigenvalue weighted by Gasteiger charge is 2.40. The number of guanidine groups is 1. The molecule has 12 nitrogen and oxygen atoms in total. The molecule has 6 rings (SSSR count). The lowest BCUT2D eigenvalue weighted by molar-refractivity contribution is -0.160. The Bertz CT molecular complexity index is 1650. The Balaban J connectivity index is 1.11. The van der Waals surface area contributed by atoms with Crippen molar-refractivity contribution in [2.75, 3.05) is 20.2 Å². The third-order valence-corrected chi connectivity index (χ3v) is 9.89. The number of pyridine rings is 1. The van der Waals surface area contributed by atoms with Gasteiger partial charge in [-0.25, -0.2) is 0 Å². The van der Waals surface area contributed by atoms with Crippen LogP contribution in [0.1, 0.15) is 81.1 Å². The van der Waals surface area contributed by atoms with Gasteiger partial charge in [-0.2, -0.15) is 0 Å². The molecular formula is C38H48N4O8. The summed E-state index contributed by atoms with van der Waals surface area (Å²) in [4.78, 5) is 20.4. The summed E-state index contributed by atoms with van der Waals surface area (Å²) in [7, 11) is 1.78. The van der Waals surface area contributed by atoms with Crippen LogP contribution in [0.2, 0.25) is 0 Å². The zero-order chi connectivity index (χ0) is 35.1. The van der Waals surface area contributed by atoms with E-state index in [-0.39, 0.29) is 59.4 Å². The number of phenolic OH excluding ortho intramolecular Hbond substituents is 3. The molecule has 1 aliphatic carbocycles. The number of aromatic nitrogens is 1. The van der Waals surface area contributed by atoms with Crippen LogP contribution in [0.15, 0.2) is 59.9 Å². The van der Waals surface area contributed by atoms with Gasteiger partial charge in [0.05, 0.1) is 18.8 Å². The number of phenols is 3. The third kappa shape index (κ3) is 8.90. The maximum Gasteiger partial charge on any atom is 0.302 e. The largest absolute Gasteiger partial charge is 0.504 e. The molecule has 1 saturated carbocycles. The average Bonchev–Trinajstić information content (AvgIpc) is 3.10. The summed E-state index contributed by atoms with van der Waals surface area (Å²) in [6.45, 7) is 2.53. The van der Waals surface area contributed by atoms with E-state index in [2.05, 4.69) is 20.6 Å². The maximum absolute atomic E-state index is 12.0. The topological polar surface area (TPSA) is 164 Å². The SMILES string of the molecule is CN=C1NCC[C@]2(CCC[C@H](Oc3cc(CC[C@H]4C[C@H](OC(C)=O)C[C@@H](c5cc(O)c(O)c(OCCc6cccnc6)c5)O4)ccc3O)C2)N1. The molecular weight excluding hydrogens is 640 g/mol. The molecule has 0 radical (unpaired) electrons. The molecule has 3 aromatic rings. The first-order valence-corrected chi connectivity index (χ1v) is 17.6. The molecule has 268 valence electrons. The highest BCUT2D eigenvalue weighted by Crippen LogP contribution is 2.43. The van der Waals surface area contributed by atoms with Crippen molar-refractivity contribution in [1.29, 1.82) is 0 Å². The molecule has 1 aromatic heterocycles. The summed E-state index contributed by atoms with van der Waals surface area (Å²) >= 11 is 0. The second-order valence-corrected chi connectivity index (χ2v) is 13.6. The van der Waals surface area contributed by atoms with Gasteiger partial charge in [0.15, 0.2) is 29.0 Å². The number of ether oxygens (including phenoxy) is 4. The van der Waals surface area contributed by atoms with E-state index < -0.39 is 6.10 Å². The van der Waals surface area contributed by atoms with E-state index in [0.717, 1.165) is 55.7 Å². The molecule has 1 spiro atoms. The van der Waals surface area contributed by atoms with Crippen LogP contribution < -0.4 is 20.1 Å². The minimum absolute atomic E-state index is 0.0357. The van der Waals surface area contributed by atoms with Crippen LogP contribution >= 0.6 is 0 Å². The van der Waals surface area contributed by atoms with Crippen molar-refractivity contribution in [2.24, 2.45) is 4.99 Å². The molecule has 3 heterocycles. The van der Waals surface area contributed by atoms with Gasteiger partial charge in [-0.1, -0.05) is 12.1 Å². The van der Waals surface area contributed by atoms with E-state index in [9.17, 15) is 20.1 Å². The van der Waals surface area contributed by atoms with E-state index in [4.69, 9.17) is 18.9 Å². The van der Waals surface area contributed by atoms with Gasteiger partial charge in [0.1, 0.15) is 12.2 Å². The monoisotopic (exact) mass is 688 g/mol. The van der Waals surface area contributed by atoms with Crippen molar-refractivity contribution in [2.45, 2.75) is 101 Å². The fourth-order valence-electron chi connectivity index (χ4n) is 7.42. The van der Waals surface area contributed by atoms with Crippen molar-refractivity contribution in [3.05, 3.63) is 71.5 Å². The minimum Gasteiger partial charge on any atom is -0.504 e. The number of nitrogens with one attached hydrogen (secondary N) is 2. The van der Waals surface area contributed by atoms with Gasteiger partial charge in [-0.3, -0.25) is 14.8 Å². The summed E-state index contributed by atoms with van der Waals surface area (Å²) < 4.78 is 24.5. The van der Waals surface area contributed by atoms with Crippen LogP contribution in [0.4, 0.5) is 0 Å². The van der Waals surface area contributed by atoms with E-state index >= 15 is 0 Å². The molecule has 5 N–H and O–H groups in total. The van der Waals surface area contributed by atoms with E-state index in [1.165, 1.54) is 13.0 Å². The number of benzene rings is 2. The first-order valence-electron chi connectivity index (χ1n) is 17.6. The van der Waals surface area contributed by atoms with Gasteiger partial charge in [0.25, 0.3) is 0 Å². The number of hydrogen-bond acceptors (Lipinski definition) is 10. The Morgan fingerprint density at radius 1 is 1.04 bits per heavy atom. The van der Waals surface area contributed by atoms with Crippen LogP contribution in [0.3, 0.4) is 0 Å². The lowest BCUT2D eigenvalue weighted by Crippen LogP contribution is -2.61. The predicted octanol–water partition coefficient (Wildman–Crippen LogP) is 5.23. The molecule has 0 bridgehead atoms. The van der Waals surface area contributed by atoms with Gasteiger partial charge in [-0.05, 0) is 85.5 Å².